The Kier molecular flexibility index (Phi) is 1.45. The van der Waals surface area contributed by atoms with Gasteiger partial charge in [0.1, 0.15) is 12.2 Å². The van der Waals surface area contributed by atoms with Crippen molar-refractivity contribution in [2.75, 3.05) is 0 Å². The zero-order valence-electron chi connectivity index (χ0n) is 6.30. The number of carbonyl (C=O) groups is 1. The van der Waals surface area contributed by atoms with Gasteiger partial charge in [-0.25, -0.2) is 4.79 Å². The largest absolute Gasteiger partial charge is 0.457 e. The standard InChI is InChI=1S/C7H10O5/c8-3-1-7(11)2-4(5(3)9)12-6(7)10/h3-5,8-9,11H,1-2H2/t3-,4-,5+,7-/m0/s1. The molecule has 1 saturated heterocycles. The Bertz CT molecular complexity index is 228. The molecule has 0 unspecified atom stereocenters. The monoisotopic (exact) mass is 174 g/mol. The molecule has 1 heterocycles. The number of hydrogen-bond acceptors (Lipinski definition) is 5. The highest BCUT2D eigenvalue weighted by Crippen LogP contribution is 2.37. The van der Waals surface area contributed by atoms with Gasteiger partial charge in [0.05, 0.1) is 6.10 Å². The lowest BCUT2D eigenvalue weighted by molar-refractivity contribution is -0.154. The van der Waals surface area contributed by atoms with Gasteiger partial charge >= 0.3 is 5.97 Å². The highest BCUT2D eigenvalue weighted by atomic mass is 16.6. The van der Waals surface area contributed by atoms with E-state index in [-0.39, 0.29) is 12.8 Å². The summed E-state index contributed by atoms with van der Waals surface area (Å²) in [6, 6.07) is 0. The molecule has 4 atom stereocenters. The van der Waals surface area contributed by atoms with Crippen LogP contribution in [0.2, 0.25) is 0 Å². The third-order valence-electron chi connectivity index (χ3n) is 2.50. The van der Waals surface area contributed by atoms with E-state index in [0.29, 0.717) is 0 Å². The average molecular weight is 174 g/mol. The molecule has 0 aromatic carbocycles. The fourth-order valence-corrected chi connectivity index (χ4v) is 1.78. The van der Waals surface area contributed by atoms with E-state index in [1.165, 1.54) is 0 Å². The second-order valence-electron chi connectivity index (χ2n) is 3.44. The van der Waals surface area contributed by atoms with Crippen molar-refractivity contribution in [1.29, 1.82) is 0 Å². The van der Waals surface area contributed by atoms with Crippen molar-refractivity contribution in [1.82, 2.24) is 0 Å². The molecular formula is C7H10O5. The minimum atomic E-state index is -1.57. The Balaban J connectivity index is 2.28. The zero-order valence-corrected chi connectivity index (χ0v) is 6.30. The molecule has 2 fully saturated rings. The summed E-state index contributed by atoms with van der Waals surface area (Å²) in [5, 5.41) is 28.0. The van der Waals surface area contributed by atoms with E-state index in [4.69, 9.17) is 0 Å². The molecule has 5 heteroatoms. The number of aliphatic hydroxyl groups is 3. The SMILES string of the molecule is O=C1O[C@H]2C[C@@]1(O)C[C@H](O)[C@H]2O. The van der Waals surface area contributed by atoms with E-state index in [2.05, 4.69) is 4.74 Å². The van der Waals surface area contributed by atoms with E-state index in [0.717, 1.165) is 0 Å². The molecule has 68 valence electrons. The van der Waals surface area contributed by atoms with Crippen molar-refractivity contribution in [3.63, 3.8) is 0 Å². The summed E-state index contributed by atoms with van der Waals surface area (Å²) in [4.78, 5) is 11.0. The maximum atomic E-state index is 11.0. The Labute approximate surface area is 68.6 Å². The molecule has 2 rings (SSSR count). The fourth-order valence-electron chi connectivity index (χ4n) is 1.78. The molecule has 0 aromatic heterocycles. The van der Waals surface area contributed by atoms with Crippen LogP contribution in [0.15, 0.2) is 0 Å². The number of hydrogen-bond donors (Lipinski definition) is 3. The Hall–Kier alpha value is -0.650. The van der Waals surface area contributed by atoms with Crippen LogP contribution in [0.5, 0.6) is 0 Å². The van der Waals surface area contributed by atoms with Crippen LogP contribution in [0.1, 0.15) is 12.8 Å². The minimum absolute atomic E-state index is 0.0874. The van der Waals surface area contributed by atoms with Crippen molar-refractivity contribution in [2.45, 2.75) is 36.8 Å². The summed E-state index contributed by atoms with van der Waals surface area (Å²) in [5.41, 5.74) is -1.57. The molecule has 0 radical (unpaired) electrons. The molecule has 5 nitrogen and oxygen atoms in total. The summed E-state index contributed by atoms with van der Waals surface area (Å²) in [7, 11) is 0. The Morgan fingerprint density at radius 1 is 1.42 bits per heavy atom. The molecular weight excluding hydrogens is 164 g/mol. The lowest BCUT2D eigenvalue weighted by Crippen LogP contribution is -2.48. The van der Waals surface area contributed by atoms with Crippen LogP contribution in [-0.2, 0) is 9.53 Å². The first-order valence-corrected chi connectivity index (χ1v) is 3.82. The first-order valence-electron chi connectivity index (χ1n) is 3.82. The molecule has 2 bridgehead atoms. The molecule has 12 heavy (non-hydrogen) atoms. The maximum absolute atomic E-state index is 11.0. The van der Waals surface area contributed by atoms with E-state index in [9.17, 15) is 20.1 Å². The van der Waals surface area contributed by atoms with Gasteiger partial charge < -0.3 is 20.1 Å². The molecule has 1 aliphatic heterocycles. The number of ether oxygens (including phenoxy) is 1. The van der Waals surface area contributed by atoms with Crippen molar-refractivity contribution >= 4 is 5.97 Å². The molecule has 2 aliphatic rings. The van der Waals surface area contributed by atoms with Gasteiger partial charge in [-0.2, -0.15) is 0 Å². The van der Waals surface area contributed by atoms with Crippen molar-refractivity contribution in [2.24, 2.45) is 0 Å². The highest BCUT2D eigenvalue weighted by molar-refractivity contribution is 5.82. The number of aliphatic hydroxyl groups excluding tert-OH is 2. The van der Waals surface area contributed by atoms with Crippen molar-refractivity contribution in [3.05, 3.63) is 0 Å². The van der Waals surface area contributed by atoms with Crippen molar-refractivity contribution < 1.29 is 24.9 Å². The zero-order chi connectivity index (χ0) is 8.93. The predicted octanol–water partition coefficient (Wildman–Crippen LogP) is -1.84. The smallest absolute Gasteiger partial charge is 0.338 e. The molecule has 0 aromatic rings. The van der Waals surface area contributed by atoms with Crippen LogP contribution in [-0.4, -0.2) is 45.2 Å². The molecule has 3 N–H and O–H groups in total. The second kappa shape index (κ2) is 2.18. The van der Waals surface area contributed by atoms with Crippen LogP contribution < -0.4 is 0 Å². The van der Waals surface area contributed by atoms with Crippen LogP contribution in [0.25, 0.3) is 0 Å². The first kappa shape index (κ1) is 7.97. The van der Waals surface area contributed by atoms with E-state index in [1.807, 2.05) is 0 Å². The molecule has 1 saturated carbocycles. The van der Waals surface area contributed by atoms with E-state index < -0.39 is 29.9 Å². The third kappa shape index (κ3) is 0.872. The number of rotatable bonds is 0. The summed E-state index contributed by atoms with van der Waals surface area (Å²) >= 11 is 0. The minimum Gasteiger partial charge on any atom is -0.457 e. The fraction of sp³-hybridized carbons (Fsp3) is 0.857. The van der Waals surface area contributed by atoms with E-state index in [1.54, 1.807) is 0 Å². The van der Waals surface area contributed by atoms with Gasteiger partial charge in [0.15, 0.2) is 5.60 Å². The van der Waals surface area contributed by atoms with Crippen LogP contribution >= 0.6 is 0 Å². The molecule has 0 amide bonds. The summed E-state index contributed by atoms with van der Waals surface area (Å²) < 4.78 is 4.67. The average Bonchev–Trinajstić information content (AvgIpc) is 2.22. The third-order valence-corrected chi connectivity index (χ3v) is 2.50. The van der Waals surface area contributed by atoms with Crippen molar-refractivity contribution in [3.8, 4) is 0 Å². The van der Waals surface area contributed by atoms with Crippen LogP contribution in [0, 0.1) is 0 Å². The summed E-state index contributed by atoms with van der Waals surface area (Å²) in [5.74, 6) is -0.733. The van der Waals surface area contributed by atoms with Crippen LogP contribution in [0.4, 0.5) is 0 Å². The van der Waals surface area contributed by atoms with E-state index >= 15 is 0 Å². The van der Waals surface area contributed by atoms with Gasteiger partial charge in [-0.3, -0.25) is 0 Å². The quantitative estimate of drug-likeness (QED) is 0.375. The Morgan fingerprint density at radius 3 is 2.75 bits per heavy atom. The van der Waals surface area contributed by atoms with Gasteiger partial charge in [0.25, 0.3) is 0 Å². The second-order valence-corrected chi connectivity index (χ2v) is 3.44. The van der Waals surface area contributed by atoms with Crippen LogP contribution in [0.3, 0.4) is 0 Å². The number of esters is 1. The van der Waals surface area contributed by atoms with Gasteiger partial charge in [-0.1, -0.05) is 0 Å². The lowest BCUT2D eigenvalue weighted by Gasteiger charge is -2.30. The normalized spacial score (nSPS) is 52.2. The van der Waals surface area contributed by atoms with Gasteiger partial charge in [0, 0.05) is 12.8 Å². The topological polar surface area (TPSA) is 87.0 Å². The molecule has 1 aliphatic carbocycles. The lowest BCUT2D eigenvalue weighted by atomic mass is 9.82. The van der Waals surface area contributed by atoms with Gasteiger partial charge in [-0.15, -0.1) is 0 Å². The van der Waals surface area contributed by atoms with Gasteiger partial charge in [0.2, 0.25) is 0 Å². The number of fused-ring (bicyclic) bond motifs is 2. The number of carbonyl (C=O) groups excluding carboxylic acids is 1. The Morgan fingerprint density at radius 2 is 2.08 bits per heavy atom. The summed E-state index contributed by atoms with van der Waals surface area (Å²) in [6.45, 7) is 0. The highest BCUT2D eigenvalue weighted by Gasteiger charge is 2.56. The molecule has 0 spiro atoms. The predicted molar refractivity (Wildman–Crippen MR) is 36.1 cm³/mol. The summed E-state index contributed by atoms with van der Waals surface area (Å²) in [6.07, 6.45) is -2.92. The maximum Gasteiger partial charge on any atom is 0.338 e. The first-order chi connectivity index (χ1) is 5.53. The van der Waals surface area contributed by atoms with Gasteiger partial charge in [-0.05, 0) is 0 Å².